The Morgan fingerprint density at radius 1 is 1.03 bits per heavy atom. The van der Waals surface area contributed by atoms with Gasteiger partial charge in [0.25, 0.3) is 5.91 Å². The maximum absolute atomic E-state index is 13.1. The maximum atomic E-state index is 13.1. The quantitative estimate of drug-likeness (QED) is 0.580. The first-order valence-corrected chi connectivity index (χ1v) is 11.8. The highest BCUT2D eigenvalue weighted by atomic mass is 35.5. The molecule has 2 heterocycles. The molecule has 2 aliphatic heterocycles. The summed E-state index contributed by atoms with van der Waals surface area (Å²) in [4.78, 5) is 21.3. The lowest BCUT2D eigenvalue weighted by Gasteiger charge is -2.35. The minimum Gasteiger partial charge on any atom is -0.395 e. The molecule has 0 atom stereocenters. The van der Waals surface area contributed by atoms with Gasteiger partial charge in [-0.05, 0) is 30.3 Å². The molecule has 0 saturated carbocycles. The Morgan fingerprint density at radius 2 is 1.64 bits per heavy atom. The van der Waals surface area contributed by atoms with Crippen LogP contribution in [0.1, 0.15) is 15.9 Å². The van der Waals surface area contributed by atoms with E-state index in [-0.39, 0.29) is 22.9 Å². The first-order valence-electron chi connectivity index (χ1n) is 11.4. The van der Waals surface area contributed by atoms with E-state index in [0.29, 0.717) is 62.8 Å². The lowest BCUT2D eigenvalue weighted by Crippen LogP contribution is -2.50. The van der Waals surface area contributed by atoms with Crippen LogP contribution in [0.5, 0.6) is 0 Å². The van der Waals surface area contributed by atoms with Crippen molar-refractivity contribution < 1.29 is 27.4 Å². The molecule has 192 valence electrons. The molecule has 7 nitrogen and oxygen atoms in total. The maximum Gasteiger partial charge on any atom is 0.430 e. The summed E-state index contributed by atoms with van der Waals surface area (Å²) in [5.74, 6) is -0.149. The SMILES string of the molecule is NC(=CC(=Nc1ccccc1Cl)c1ccc(C(=O)N2CCN(CC3OCCO3)CC2)cc1)C(F)(F)F. The number of carbonyl (C=O) groups excluding carboxylic acids is 1. The number of rotatable bonds is 6. The van der Waals surface area contributed by atoms with E-state index >= 15 is 0 Å². The van der Waals surface area contributed by atoms with Gasteiger partial charge in [-0.2, -0.15) is 13.2 Å². The van der Waals surface area contributed by atoms with Crippen molar-refractivity contribution in [2.45, 2.75) is 12.5 Å². The normalized spacial score (nSPS) is 18.6. The van der Waals surface area contributed by atoms with Gasteiger partial charge in [-0.1, -0.05) is 35.9 Å². The van der Waals surface area contributed by atoms with Gasteiger partial charge in [0.2, 0.25) is 0 Å². The number of hydrogen-bond acceptors (Lipinski definition) is 6. The van der Waals surface area contributed by atoms with Crippen LogP contribution in [-0.4, -0.2) is 79.8 Å². The summed E-state index contributed by atoms with van der Waals surface area (Å²) in [7, 11) is 0. The molecule has 2 fully saturated rings. The number of alkyl halides is 3. The van der Waals surface area contributed by atoms with Gasteiger partial charge in [0.1, 0.15) is 5.70 Å². The molecular formula is C25H26ClF3N4O3. The number of aliphatic imine (C=N–C) groups is 1. The van der Waals surface area contributed by atoms with Gasteiger partial charge in [-0.25, -0.2) is 4.99 Å². The van der Waals surface area contributed by atoms with E-state index in [0.717, 1.165) is 6.08 Å². The average molecular weight is 523 g/mol. The van der Waals surface area contributed by atoms with Gasteiger partial charge in [0, 0.05) is 43.9 Å². The summed E-state index contributed by atoms with van der Waals surface area (Å²) in [6.07, 6.45) is -4.17. The van der Waals surface area contributed by atoms with Crippen LogP contribution in [0.15, 0.2) is 65.3 Å². The molecule has 0 spiro atoms. The van der Waals surface area contributed by atoms with Crippen LogP contribution < -0.4 is 5.73 Å². The Labute approximate surface area is 211 Å². The van der Waals surface area contributed by atoms with Crippen molar-refractivity contribution in [1.29, 1.82) is 0 Å². The van der Waals surface area contributed by atoms with Gasteiger partial charge in [0.15, 0.2) is 6.29 Å². The van der Waals surface area contributed by atoms with E-state index in [2.05, 4.69) is 9.89 Å². The molecule has 2 aliphatic rings. The summed E-state index contributed by atoms with van der Waals surface area (Å²) in [5, 5.41) is 0.283. The van der Waals surface area contributed by atoms with Gasteiger partial charge in [0.05, 0.1) is 29.6 Å². The molecule has 2 N–H and O–H groups in total. The van der Waals surface area contributed by atoms with Crippen LogP contribution in [0.25, 0.3) is 0 Å². The molecule has 0 bridgehead atoms. The zero-order valence-corrected chi connectivity index (χ0v) is 20.1. The third kappa shape index (κ3) is 6.64. The molecule has 0 aliphatic carbocycles. The lowest BCUT2D eigenvalue weighted by atomic mass is 10.0. The van der Waals surface area contributed by atoms with Crippen molar-refractivity contribution in [1.82, 2.24) is 9.80 Å². The van der Waals surface area contributed by atoms with E-state index in [4.69, 9.17) is 26.8 Å². The van der Waals surface area contributed by atoms with Crippen LogP contribution in [0.4, 0.5) is 18.9 Å². The Hall–Kier alpha value is -2.92. The molecule has 11 heteroatoms. The first-order chi connectivity index (χ1) is 17.2. The highest BCUT2D eigenvalue weighted by molar-refractivity contribution is 6.33. The molecule has 1 amide bonds. The summed E-state index contributed by atoms with van der Waals surface area (Å²) in [6.45, 7) is 4.37. The number of nitrogens with zero attached hydrogens (tertiary/aromatic N) is 3. The fourth-order valence-electron chi connectivity index (χ4n) is 3.90. The molecule has 2 aromatic carbocycles. The number of allylic oxidation sites excluding steroid dienone is 2. The third-order valence-electron chi connectivity index (χ3n) is 5.90. The summed E-state index contributed by atoms with van der Waals surface area (Å²) < 4.78 is 50.3. The number of benzene rings is 2. The largest absolute Gasteiger partial charge is 0.430 e. The van der Waals surface area contributed by atoms with Crippen molar-refractivity contribution in [2.75, 3.05) is 45.9 Å². The number of piperazine rings is 1. The van der Waals surface area contributed by atoms with Crippen molar-refractivity contribution >= 4 is 28.9 Å². The second-order valence-electron chi connectivity index (χ2n) is 8.39. The monoisotopic (exact) mass is 522 g/mol. The van der Waals surface area contributed by atoms with Gasteiger partial charge in [-0.3, -0.25) is 9.69 Å². The van der Waals surface area contributed by atoms with Crippen molar-refractivity contribution in [3.05, 3.63) is 76.5 Å². The smallest absolute Gasteiger partial charge is 0.395 e. The predicted octanol–water partition coefficient (Wildman–Crippen LogP) is 4.00. The number of carbonyl (C=O) groups is 1. The molecule has 0 aromatic heterocycles. The number of hydrogen-bond donors (Lipinski definition) is 1. The Kier molecular flexibility index (Phi) is 8.30. The van der Waals surface area contributed by atoms with Crippen LogP contribution in [0.2, 0.25) is 5.02 Å². The van der Waals surface area contributed by atoms with Crippen LogP contribution in [0, 0.1) is 0 Å². The second-order valence-corrected chi connectivity index (χ2v) is 8.79. The molecule has 2 saturated heterocycles. The standard InChI is InChI=1S/C25H26ClF3N4O3/c26-19-3-1-2-4-20(19)31-21(15-22(30)25(27,28)29)17-5-7-18(8-6-17)24(34)33-11-9-32(10-12-33)16-23-35-13-14-36-23/h1-8,15,23H,9-14,16,30H2. The van der Waals surface area contributed by atoms with Crippen LogP contribution >= 0.6 is 11.6 Å². The van der Waals surface area contributed by atoms with Gasteiger partial charge in [-0.15, -0.1) is 0 Å². The fraction of sp³-hybridized carbons (Fsp3) is 0.360. The topological polar surface area (TPSA) is 80.4 Å². The lowest BCUT2D eigenvalue weighted by molar-refractivity contribution is -0.0925. The summed E-state index contributed by atoms with van der Waals surface area (Å²) in [5.41, 5.74) is 5.03. The molecule has 0 radical (unpaired) electrons. The van der Waals surface area contributed by atoms with Crippen molar-refractivity contribution in [3.63, 3.8) is 0 Å². The number of nitrogens with two attached hydrogens (primary N) is 1. The van der Waals surface area contributed by atoms with Crippen LogP contribution in [-0.2, 0) is 9.47 Å². The molecular weight excluding hydrogens is 497 g/mol. The minimum atomic E-state index is -4.71. The van der Waals surface area contributed by atoms with E-state index in [9.17, 15) is 18.0 Å². The van der Waals surface area contributed by atoms with E-state index in [1.165, 1.54) is 0 Å². The summed E-state index contributed by atoms with van der Waals surface area (Å²) >= 11 is 6.14. The van der Waals surface area contributed by atoms with E-state index < -0.39 is 11.9 Å². The summed E-state index contributed by atoms with van der Waals surface area (Å²) in [6, 6.07) is 12.8. The van der Waals surface area contributed by atoms with E-state index in [1.807, 2.05) is 0 Å². The highest BCUT2D eigenvalue weighted by Gasteiger charge is 2.32. The Balaban J connectivity index is 1.48. The zero-order chi connectivity index (χ0) is 25.7. The first kappa shape index (κ1) is 26.2. The fourth-order valence-corrected chi connectivity index (χ4v) is 4.08. The third-order valence-corrected chi connectivity index (χ3v) is 6.22. The average Bonchev–Trinajstić information content (AvgIpc) is 3.37. The zero-order valence-electron chi connectivity index (χ0n) is 19.4. The molecule has 0 unspecified atom stereocenters. The minimum absolute atomic E-state index is 0.0260. The molecule has 4 rings (SSSR count). The van der Waals surface area contributed by atoms with Crippen molar-refractivity contribution in [3.8, 4) is 0 Å². The Morgan fingerprint density at radius 3 is 2.25 bits per heavy atom. The number of ether oxygens (including phenoxy) is 2. The Bertz CT molecular complexity index is 1120. The highest BCUT2D eigenvalue weighted by Crippen LogP contribution is 2.27. The number of amides is 1. The van der Waals surface area contributed by atoms with Gasteiger partial charge >= 0.3 is 6.18 Å². The van der Waals surface area contributed by atoms with E-state index in [1.54, 1.807) is 53.4 Å². The molecule has 2 aromatic rings. The van der Waals surface area contributed by atoms with Crippen molar-refractivity contribution in [2.24, 2.45) is 10.7 Å². The predicted molar refractivity (Wildman–Crippen MR) is 130 cm³/mol. The molecule has 36 heavy (non-hydrogen) atoms. The van der Waals surface area contributed by atoms with Gasteiger partial charge < -0.3 is 20.1 Å². The number of halogens is 4. The number of para-hydroxylation sites is 1. The second kappa shape index (κ2) is 11.4. The van der Waals surface area contributed by atoms with Crippen LogP contribution in [0.3, 0.4) is 0 Å².